The summed E-state index contributed by atoms with van der Waals surface area (Å²) in [6, 6.07) is 26.2. The van der Waals surface area contributed by atoms with Crippen LogP contribution in [-0.4, -0.2) is 47.1 Å². The molecule has 4 aromatic carbocycles. The standard InChI is InChI=1S/C10H9BrN2O.C10H11BrN2.C10H8BrNO.C8H6BrN.C2H3ClO.ClH.2HI.H3NO.Sm/c1-6(13-14)9-5-12-10-3-2-7(11)4-8(9)10;1-6(12)9-5-13-10-3-2-7(11)4-8(9)10;1-6(13)9-5-12-10-3-2-7(11)4-8(9)10;9-7-1-2-8-6(5-7)3-4-10-8;1-2(3)4;;;;1-2;/h2-5,12,14H,1H3;2-6,13H,12H2,1H3;2-5,12H,1H3;1-5,10H;1H3;3*1H;2H,1H2;/q;;;;;;;;;+2/p-2. The van der Waals surface area contributed by atoms with Gasteiger partial charge < -0.3 is 36.1 Å². The number of nitrogens with one attached hydrogen (secondary N) is 4. The molecule has 0 saturated heterocycles. The number of nitrogens with zero attached hydrogens (tertiary/aromatic N) is 1. The number of fused-ring (bicyclic) bond motifs is 4. The van der Waals surface area contributed by atoms with Gasteiger partial charge in [0.05, 0.1) is 5.71 Å². The Kier molecular flexibility index (Phi) is 28.7. The van der Waals surface area contributed by atoms with Gasteiger partial charge in [-0.05, 0) is 117 Å². The molecule has 8 rings (SSSR count). The molecule has 11 nitrogen and oxygen atoms in total. The van der Waals surface area contributed by atoms with Crippen LogP contribution in [-0.2, 0) is 4.79 Å². The van der Waals surface area contributed by atoms with Crippen molar-refractivity contribution in [1.82, 2.24) is 19.9 Å². The average Bonchev–Trinajstić information content (AvgIpc) is 4.01. The van der Waals surface area contributed by atoms with Gasteiger partial charge in [-0.25, -0.2) is 5.90 Å². The van der Waals surface area contributed by atoms with Crippen LogP contribution in [0.25, 0.3) is 43.6 Å². The molecule has 0 spiro atoms. The first-order valence-electron chi connectivity index (χ1n) is 16.9. The van der Waals surface area contributed by atoms with E-state index in [0.29, 0.717) is 5.71 Å². The molecule has 4 heterocycles. The fourth-order valence-corrected chi connectivity index (χ4v) is 6.81. The van der Waals surface area contributed by atoms with E-state index in [1.54, 1.807) is 20.0 Å². The molecule has 0 saturated carbocycles. The van der Waals surface area contributed by atoms with Crippen LogP contribution in [0.1, 0.15) is 55.2 Å². The van der Waals surface area contributed by atoms with Crippen molar-refractivity contribution in [2.24, 2.45) is 16.8 Å². The van der Waals surface area contributed by atoms with Crippen LogP contribution < -0.4 is 11.6 Å². The number of nitrogens with two attached hydrogens (primary N) is 2. The number of benzene rings is 4. The minimum absolute atomic E-state index is 0. The molecule has 20 heteroatoms. The van der Waals surface area contributed by atoms with E-state index in [1.165, 1.54) is 23.2 Å². The Hall–Kier alpha value is -0.972. The average molecular weight is 1480 g/mol. The van der Waals surface area contributed by atoms with E-state index >= 15 is 0 Å². The zero-order valence-corrected chi connectivity index (χ0v) is 47.0. The summed E-state index contributed by atoms with van der Waals surface area (Å²) in [6.07, 6.45) is 7.50. The Labute approximate surface area is 424 Å². The van der Waals surface area contributed by atoms with Gasteiger partial charge in [-0.3, -0.25) is 9.59 Å². The van der Waals surface area contributed by atoms with Gasteiger partial charge >= 0.3 is 54.0 Å². The SMILES string of the molecule is Brc1ccc2[nH]ccc2c1.CC(=NO)c1c[nH]c2ccc(Br)cc12.CC(=O)Cl.CC(=O)c1c[nH]c2ccc(Br)cc12.CC(N)c1c[nH]c2ccc(Br)cc12.Cl.NO.[I][Sm][I]. The van der Waals surface area contributed by atoms with Gasteiger partial charge in [0, 0.05) is 110 Å². The van der Waals surface area contributed by atoms with Gasteiger partial charge in [0.2, 0.25) is 5.24 Å². The summed E-state index contributed by atoms with van der Waals surface area (Å²) in [7, 11) is 0. The quantitative estimate of drug-likeness (QED) is 0.0216. The van der Waals surface area contributed by atoms with E-state index < -0.39 is 0 Å². The molecule has 10 N–H and O–H groups in total. The predicted molar refractivity (Wildman–Crippen MR) is 278 cm³/mol. The van der Waals surface area contributed by atoms with Crippen LogP contribution in [0.15, 0.2) is 127 Å². The van der Waals surface area contributed by atoms with Crippen LogP contribution in [0.5, 0.6) is 0 Å². The number of H-pyrrole nitrogens is 4. The monoisotopic (exact) mass is 1470 g/mol. The van der Waals surface area contributed by atoms with Crippen molar-refractivity contribution >= 4 is 177 Å². The molecule has 0 amide bonds. The third-order valence-electron chi connectivity index (χ3n) is 7.89. The van der Waals surface area contributed by atoms with Crippen molar-refractivity contribution < 1.29 is 45.5 Å². The third kappa shape index (κ3) is 18.6. The van der Waals surface area contributed by atoms with E-state index in [0.717, 1.165) is 61.9 Å². The van der Waals surface area contributed by atoms with E-state index in [2.05, 4.69) is 159 Å². The van der Waals surface area contributed by atoms with E-state index in [1.807, 2.05) is 80.1 Å². The van der Waals surface area contributed by atoms with Crippen molar-refractivity contribution in [3.63, 3.8) is 0 Å². The molecule has 8 aromatic rings. The molecule has 0 radical (unpaired) electrons. The third-order valence-corrected chi connectivity index (χ3v) is 9.86. The molecule has 4 aromatic heterocycles. The van der Waals surface area contributed by atoms with Gasteiger partial charge in [0.25, 0.3) is 0 Å². The fourth-order valence-electron chi connectivity index (χ4n) is 5.35. The summed E-state index contributed by atoms with van der Waals surface area (Å²) in [5.74, 6) is 3.59. The number of rotatable bonds is 3. The number of hydrogen-bond donors (Lipinski definition) is 8. The van der Waals surface area contributed by atoms with Gasteiger partial charge in [-0.1, -0.05) is 68.9 Å². The van der Waals surface area contributed by atoms with Crippen LogP contribution in [0.4, 0.5) is 0 Å². The first kappa shape index (κ1) is 57.0. The first-order valence-corrected chi connectivity index (χ1v) is 35.5. The molecule has 60 heavy (non-hydrogen) atoms. The van der Waals surface area contributed by atoms with Gasteiger partial charge in [0.15, 0.2) is 5.78 Å². The Balaban J connectivity index is 0.000000374. The molecule has 0 aliphatic heterocycles. The topological polar surface area (TPSA) is 202 Å². The van der Waals surface area contributed by atoms with Crippen molar-refractivity contribution in [2.75, 3.05) is 0 Å². The first-order chi connectivity index (χ1) is 28.1. The van der Waals surface area contributed by atoms with Crippen molar-refractivity contribution in [1.29, 1.82) is 0 Å². The number of hydrogen-bond acceptors (Lipinski definition) is 7. The maximum atomic E-state index is 11.2. The maximum absolute atomic E-state index is 11.2. The predicted octanol–water partition coefficient (Wildman–Crippen LogP) is 14.4. The molecule has 1 unspecified atom stereocenters. The normalized spacial score (nSPS) is 10.7. The summed E-state index contributed by atoms with van der Waals surface area (Å²) in [5, 5.41) is 22.5. The Morgan fingerprint density at radius 3 is 1.52 bits per heavy atom. The number of halogens is 8. The zero-order valence-electron chi connectivity index (χ0n) is 32.2. The summed E-state index contributed by atoms with van der Waals surface area (Å²) < 4.78 is 4.21. The van der Waals surface area contributed by atoms with Crippen LogP contribution in [0.3, 0.4) is 0 Å². The number of Topliss-reactive ketones (excluding diaryl/α,β-unsaturated/α-hetero) is 1. The van der Waals surface area contributed by atoms with Gasteiger partial charge in [-0.2, -0.15) is 0 Å². The van der Waals surface area contributed by atoms with Crippen molar-refractivity contribution in [2.45, 2.75) is 33.7 Å². The van der Waals surface area contributed by atoms with Crippen LogP contribution in [0, 0.1) is 25.5 Å². The number of carbonyl (C=O) groups excluding carboxylic acids is 2. The van der Waals surface area contributed by atoms with Crippen molar-refractivity contribution in [3.05, 3.63) is 138 Å². The second-order valence-corrected chi connectivity index (χ2v) is 35.6. The Bertz CT molecular complexity index is 2600. The summed E-state index contributed by atoms with van der Waals surface area (Å²) in [6.45, 7) is 6.62. The number of ketones is 1. The number of oxime groups is 1. The molecule has 0 bridgehead atoms. The Morgan fingerprint density at radius 2 is 1.07 bits per heavy atom. The molecular weight excluding hydrogens is 1440 g/mol. The summed E-state index contributed by atoms with van der Waals surface area (Å²) in [5.41, 5.74) is 13.6. The molecule has 0 aliphatic rings. The number of aromatic nitrogens is 4. The second kappa shape index (κ2) is 30.2. The summed E-state index contributed by atoms with van der Waals surface area (Å²) >= 11 is 23.3. The number of carbonyl (C=O) groups is 2. The minimum atomic E-state index is -0.361. The van der Waals surface area contributed by atoms with Gasteiger partial charge in [0.1, 0.15) is 0 Å². The van der Waals surface area contributed by atoms with Gasteiger partial charge in [-0.15, -0.1) is 12.4 Å². The number of aromatic amines is 4. The Morgan fingerprint density at radius 1 is 0.683 bits per heavy atom. The van der Waals surface area contributed by atoms with Crippen molar-refractivity contribution in [3.8, 4) is 0 Å². The zero-order chi connectivity index (χ0) is 44.2. The van der Waals surface area contributed by atoms with E-state index in [-0.39, 0.29) is 54.9 Å². The molecule has 0 fully saturated rings. The fraction of sp³-hybridized carbons (Fsp3) is 0.125. The van der Waals surface area contributed by atoms with Crippen LogP contribution in [0.2, 0.25) is 0 Å². The molecule has 322 valence electrons. The van der Waals surface area contributed by atoms with E-state index in [4.69, 9.17) is 16.1 Å². The molecular formula is C40H41Br4Cl2I2N7O4Sm. The molecule has 0 aliphatic carbocycles. The second-order valence-electron chi connectivity index (χ2n) is 12.0. The van der Waals surface area contributed by atoms with E-state index in [9.17, 15) is 9.59 Å². The molecule has 1 atom stereocenters. The summed E-state index contributed by atoms with van der Waals surface area (Å²) in [4.78, 5) is 32.9. The van der Waals surface area contributed by atoms with Crippen LogP contribution >= 0.6 is 116 Å².